The Hall–Kier alpha value is -0.500. The first-order chi connectivity index (χ1) is 5.99. The van der Waals surface area contributed by atoms with E-state index in [1.807, 2.05) is 6.66 Å². The zero-order chi connectivity index (χ0) is 9.90. The zero-order valence-corrected chi connectivity index (χ0v) is 8.72. The first kappa shape index (κ1) is 10.6. The molecule has 1 amide bonds. The molecule has 0 unspecified atom stereocenters. The number of amides is 1. The maximum atomic E-state index is 11.6. The molecule has 1 saturated heterocycles. The summed E-state index contributed by atoms with van der Waals surface area (Å²) in [7, 11) is -1.85. The highest BCUT2D eigenvalue weighted by Crippen LogP contribution is 2.47. The van der Waals surface area contributed by atoms with Crippen molar-refractivity contribution < 1.29 is 14.5 Å². The normalized spacial score (nSPS) is 34.1. The van der Waals surface area contributed by atoms with Gasteiger partial charge in [-0.05, 0) is 25.4 Å². The molecule has 0 spiro atoms. The number of nitrogens with one attached hydrogen (secondary N) is 1. The fraction of sp³-hybridized carbons (Fsp3) is 0.875. The van der Waals surface area contributed by atoms with Gasteiger partial charge in [0.05, 0.1) is 7.14 Å². The molecule has 1 fully saturated rings. The summed E-state index contributed by atoms with van der Waals surface area (Å²) in [5, 5.41) is 10.8. The quantitative estimate of drug-likeness (QED) is 0.673. The Bertz CT molecular complexity index is 227. The largest absolute Gasteiger partial charge is 0.465 e. The van der Waals surface area contributed by atoms with E-state index in [9.17, 15) is 9.36 Å². The minimum absolute atomic E-state index is 0.387. The Morgan fingerprint density at radius 1 is 1.54 bits per heavy atom. The van der Waals surface area contributed by atoms with Crippen molar-refractivity contribution in [2.75, 3.05) is 25.5 Å². The molecule has 0 saturated carbocycles. The zero-order valence-electron chi connectivity index (χ0n) is 7.82. The van der Waals surface area contributed by atoms with E-state index in [1.54, 1.807) is 0 Å². The lowest BCUT2D eigenvalue weighted by atomic mass is 10.0. The van der Waals surface area contributed by atoms with Gasteiger partial charge in [-0.15, -0.1) is 0 Å². The van der Waals surface area contributed by atoms with Gasteiger partial charge in [-0.1, -0.05) is 0 Å². The van der Waals surface area contributed by atoms with E-state index >= 15 is 0 Å². The summed E-state index contributed by atoms with van der Waals surface area (Å²) in [5.41, 5.74) is 0. The van der Waals surface area contributed by atoms with E-state index in [0.717, 1.165) is 25.2 Å². The second-order valence-corrected chi connectivity index (χ2v) is 7.36. The molecule has 1 aliphatic rings. The average molecular weight is 205 g/mol. The minimum atomic E-state index is -1.85. The van der Waals surface area contributed by atoms with E-state index in [0.29, 0.717) is 12.5 Å². The van der Waals surface area contributed by atoms with Gasteiger partial charge in [0, 0.05) is 18.9 Å². The molecule has 1 rings (SSSR count). The van der Waals surface area contributed by atoms with Crippen LogP contribution in [0.25, 0.3) is 0 Å². The van der Waals surface area contributed by atoms with Gasteiger partial charge in [-0.2, -0.15) is 0 Å². The van der Waals surface area contributed by atoms with Crippen LogP contribution in [-0.4, -0.2) is 36.7 Å². The molecular weight excluding hydrogens is 189 g/mol. The fourth-order valence-corrected chi connectivity index (χ4v) is 3.65. The maximum Gasteiger partial charge on any atom is 0.404 e. The monoisotopic (exact) mass is 205 g/mol. The van der Waals surface area contributed by atoms with E-state index in [1.165, 1.54) is 0 Å². The van der Waals surface area contributed by atoms with Crippen LogP contribution in [-0.2, 0) is 4.57 Å². The number of rotatable bonds is 2. The Morgan fingerprint density at radius 3 is 2.54 bits per heavy atom. The van der Waals surface area contributed by atoms with Gasteiger partial charge in [-0.25, -0.2) is 4.79 Å². The molecule has 0 atom stereocenters. The van der Waals surface area contributed by atoms with Crippen molar-refractivity contribution >= 4 is 13.2 Å². The SMILES string of the molecule is CP1(=O)CCC(CNC(=O)O)CC1. The number of hydrogen-bond donors (Lipinski definition) is 2. The Morgan fingerprint density at radius 2 is 2.08 bits per heavy atom. The highest BCUT2D eigenvalue weighted by Gasteiger charge is 2.25. The highest BCUT2D eigenvalue weighted by atomic mass is 31.2. The van der Waals surface area contributed by atoms with Crippen LogP contribution in [0, 0.1) is 5.92 Å². The van der Waals surface area contributed by atoms with E-state index in [4.69, 9.17) is 5.11 Å². The summed E-state index contributed by atoms with van der Waals surface area (Å²) in [4.78, 5) is 10.2. The smallest absolute Gasteiger partial charge is 0.404 e. The second kappa shape index (κ2) is 4.14. The molecule has 0 aromatic carbocycles. The van der Waals surface area contributed by atoms with Crippen molar-refractivity contribution in [3.63, 3.8) is 0 Å². The lowest BCUT2D eigenvalue weighted by Crippen LogP contribution is -2.30. The van der Waals surface area contributed by atoms with Crippen molar-refractivity contribution in [2.45, 2.75) is 12.8 Å². The molecule has 4 nitrogen and oxygen atoms in total. The number of carboxylic acid groups (broad SMARTS) is 1. The predicted molar refractivity (Wildman–Crippen MR) is 52.0 cm³/mol. The minimum Gasteiger partial charge on any atom is -0.465 e. The van der Waals surface area contributed by atoms with E-state index in [2.05, 4.69) is 5.32 Å². The van der Waals surface area contributed by atoms with Gasteiger partial charge >= 0.3 is 6.09 Å². The lowest BCUT2D eigenvalue weighted by Gasteiger charge is -2.26. The maximum absolute atomic E-state index is 11.6. The number of hydrogen-bond acceptors (Lipinski definition) is 2. The molecule has 5 heteroatoms. The van der Waals surface area contributed by atoms with Crippen molar-refractivity contribution in [1.82, 2.24) is 5.32 Å². The van der Waals surface area contributed by atoms with Gasteiger partial charge in [0.1, 0.15) is 0 Å². The summed E-state index contributed by atoms with van der Waals surface area (Å²) >= 11 is 0. The van der Waals surface area contributed by atoms with Crippen LogP contribution < -0.4 is 5.32 Å². The van der Waals surface area contributed by atoms with E-state index < -0.39 is 13.2 Å². The van der Waals surface area contributed by atoms with Crippen LogP contribution in [0.1, 0.15) is 12.8 Å². The van der Waals surface area contributed by atoms with Gasteiger partial charge in [0.25, 0.3) is 0 Å². The van der Waals surface area contributed by atoms with Gasteiger partial charge in [-0.3, -0.25) is 0 Å². The second-order valence-electron chi connectivity index (χ2n) is 3.87. The number of carbonyl (C=O) groups is 1. The van der Waals surface area contributed by atoms with Crippen molar-refractivity contribution in [3.8, 4) is 0 Å². The van der Waals surface area contributed by atoms with Gasteiger partial charge in [0.15, 0.2) is 0 Å². The summed E-state index contributed by atoms with van der Waals surface area (Å²) in [6, 6.07) is 0. The first-order valence-corrected chi connectivity index (χ1v) is 7.04. The summed E-state index contributed by atoms with van der Waals surface area (Å²) < 4.78 is 11.6. The Kier molecular flexibility index (Phi) is 3.37. The van der Waals surface area contributed by atoms with Gasteiger partial charge < -0.3 is 15.0 Å². The summed E-state index contributed by atoms with van der Waals surface area (Å²) in [6.45, 7) is 2.35. The molecule has 0 aromatic rings. The molecule has 0 aromatic heterocycles. The van der Waals surface area contributed by atoms with E-state index in [-0.39, 0.29) is 0 Å². The van der Waals surface area contributed by atoms with Crippen LogP contribution in [0.4, 0.5) is 4.79 Å². The predicted octanol–water partition coefficient (Wildman–Crippen LogP) is 1.66. The standard InChI is InChI=1S/C8H16NO3P/c1-13(12)4-2-7(3-5-13)6-9-8(10)11/h7,9H,2-6H2,1H3,(H,10,11). The molecule has 0 aliphatic carbocycles. The van der Waals surface area contributed by atoms with Crippen molar-refractivity contribution in [3.05, 3.63) is 0 Å². The van der Waals surface area contributed by atoms with Gasteiger partial charge in [0.2, 0.25) is 0 Å². The van der Waals surface area contributed by atoms with Crippen LogP contribution >= 0.6 is 7.14 Å². The molecule has 1 aliphatic heterocycles. The van der Waals surface area contributed by atoms with Crippen LogP contribution in [0.5, 0.6) is 0 Å². The summed E-state index contributed by atoms with van der Waals surface area (Å²) in [6.07, 6.45) is 2.38. The third kappa shape index (κ3) is 3.81. The molecule has 13 heavy (non-hydrogen) atoms. The fourth-order valence-electron chi connectivity index (χ4n) is 1.60. The molecule has 76 valence electrons. The van der Waals surface area contributed by atoms with Crippen LogP contribution in [0.2, 0.25) is 0 Å². The highest BCUT2D eigenvalue weighted by molar-refractivity contribution is 7.63. The average Bonchev–Trinajstić information content (AvgIpc) is 2.02. The third-order valence-corrected chi connectivity index (χ3v) is 4.97. The molecule has 2 N–H and O–H groups in total. The third-order valence-electron chi connectivity index (χ3n) is 2.56. The first-order valence-electron chi connectivity index (χ1n) is 4.52. The Labute approximate surface area is 78.1 Å². The lowest BCUT2D eigenvalue weighted by molar-refractivity contribution is 0.192. The van der Waals surface area contributed by atoms with Crippen LogP contribution in [0.3, 0.4) is 0 Å². The van der Waals surface area contributed by atoms with Crippen molar-refractivity contribution in [1.29, 1.82) is 0 Å². The topological polar surface area (TPSA) is 66.4 Å². The molecular formula is C8H16NO3P. The molecule has 0 radical (unpaired) electrons. The van der Waals surface area contributed by atoms with Crippen LogP contribution in [0.15, 0.2) is 0 Å². The Balaban J connectivity index is 2.25. The molecule has 1 heterocycles. The molecule has 0 bridgehead atoms. The van der Waals surface area contributed by atoms with Crippen molar-refractivity contribution in [2.24, 2.45) is 5.92 Å². The summed E-state index contributed by atoms with van der Waals surface area (Å²) in [5.74, 6) is 0.387.